The maximum absolute atomic E-state index is 12.7. The molecule has 0 aromatic carbocycles. The van der Waals surface area contributed by atoms with Crippen LogP contribution in [-0.2, 0) is 6.42 Å². The Hall–Kier alpha value is -2.01. The third kappa shape index (κ3) is 2.08. The standard InChI is InChI=1S/C10H7F2N3/c1-6-5-15-8(2-3-13)9(10(11)12)7(6)4-14/h5,10H,2H2,1H3. The van der Waals surface area contributed by atoms with E-state index in [4.69, 9.17) is 10.5 Å². The minimum absolute atomic E-state index is 0.0188. The van der Waals surface area contributed by atoms with Crippen molar-refractivity contribution >= 4 is 0 Å². The number of pyridine rings is 1. The molecule has 0 bridgehead atoms. The van der Waals surface area contributed by atoms with Gasteiger partial charge in [0, 0.05) is 6.20 Å². The average Bonchev–Trinajstić information content (AvgIpc) is 2.20. The lowest BCUT2D eigenvalue weighted by Crippen LogP contribution is -2.03. The summed E-state index contributed by atoms with van der Waals surface area (Å²) in [6.45, 7) is 1.54. The highest BCUT2D eigenvalue weighted by Gasteiger charge is 2.20. The van der Waals surface area contributed by atoms with Gasteiger partial charge >= 0.3 is 0 Å². The van der Waals surface area contributed by atoms with Crippen LogP contribution in [0.2, 0.25) is 0 Å². The van der Waals surface area contributed by atoms with Crippen molar-refractivity contribution in [2.45, 2.75) is 19.8 Å². The number of hydrogen-bond donors (Lipinski definition) is 0. The van der Waals surface area contributed by atoms with Crippen molar-refractivity contribution in [3.8, 4) is 12.1 Å². The zero-order valence-electron chi connectivity index (χ0n) is 7.96. The summed E-state index contributed by atoms with van der Waals surface area (Å²) in [5.74, 6) is 0. The van der Waals surface area contributed by atoms with Crippen molar-refractivity contribution in [1.82, 2.24) is 4.98 Å². The van der Waals surface area contributed by atoms with E-state index in [0.717, 1.165) is 0 Å². The molecule has 0 aliphatic carbocycles. The number of nitriles is 2. The normalized spacial score (nSPS) is 9.73. The van der Waals surface area contributed by atoms with Crippen LogP contribution in [0.1, 0.15) is 28.8 Å². The van der Waals surface area contributed by atoms with Crippen LogP contribution in [0.4, 0.5) is 8.78 Å². The van der Waals surface area contributed by atoms with Crippen LogP contribution in [0.15, 0.2) is 6.20 Å². The largest absolute Gasteiger partial charge is 0.266 e. The molecule has 5 heteroatoms. The molecule has 1 heterocycles. The van der Waals surface area contributed by atoms with Gasteiger partial charge in [-0.15, -0.1) is 0 Å². The Bertz CT molecular complexity index is 455. The minimum atomic E-state index is -2.78. The Labute approximate surface area is 85.6 Å². The van der Waals surface area contributed by atoms with Gasteiger partial charge in [-0.05, 0) is 12.5 Å². The molecule has 0 amide bonds. The summed E-state index contributed by atoms with van der Waals surface area (Å²) < 4.78 is 25.4. The number of aromatic nitrogens is 1. The van der Waals surface area contributed by atoms with Crippen molar-refractivity contribution in [3.63, 3.8) is 0 Å². The molecular weight excluding hydrogens is 200 g/mol. The van der Waals surface area contributed by atoms with Crippen LogP contribution in [-0.4, -0.2) is 4.98 Å². The molecular formula is C10H7F2N3. The number of halogens is 2. The second-order valence-electron chi connectivity index (χ2n) is 2.92. The zero-order valence-corrected chi connectivity index (χ0v) is 7.96. The summed E-state index contributed by atoms with van der Waals surface area (Å²) in [5.41, 5.74) is -0.117. The molecule has 0 fully saturated rings. The monoisotopic (exact) mass is 207 g/mol. The SMILES string of the molecule is Cc1cnc(CC#N)c(C(F)F)c1C#N. The Balaban J connectivity index is 3.45. The smallest absolute Gasteiger partial charge is 0.259 e. The first-order chi connectivity index (χ1) is 7.11. The molecule has 0 saturated carbocycles. The number of alkyl halides is 2. The molecule has 0 spiro atoms. The molecule has 1 rings (SSSR count). The van der Waals surface area contributed by atoms with Gasteiger partial charge in [0.05, 0.1) is 29.3 Å². The lowest BCUT2D eigenvalue weighted by molar-refractivity contribution is 0.149. The van der Waals surface area contributed by atoms with Crippen molar-refractivity contribution in [1.29, 1.82) is 10.5 Å². The van der Waals surface area contributed by atoms with Crippen LogP contribution in [0.5, 0.6) is 0 Å². The van der Waals surface area contributed by atoms with Gasteiger partial charge in [-0.25, -0.2) is 8.78 Å². The molecule has 0 aliphatic rings. The third-order valence-electron chi connectivity index (χ3n) is 1.97. The molecule has 0 aliphatic heterocycles. The fourth-order valence-corrected chi connectivity index (χ4v) is 1.26. The van der Waals surface area contributed by atoms with Crippen LogP contribution in [0, 0.1) is 29.6 Å². The fourth-order valence-electron chi connectivity index (χ4n) is 1.26. The number of nitrogens with zero attached hydrogens (tertiary/aromatic N) is 3. The quantitative estimate of drug-likeness (QED) is 0.747. The predicted octanol–water partition coefficient (Wildman–Crippen LogP) is 2.27. The van der Waals surface area contributed by atoms with Gasteiger partial charge in [0.15, 0.2) is 0 Å². The zero-order chi connectivity index (χ0) is 11.4. The summed E-state index contributed by atoms with van der Waals surface area (Å²) >= 11 is 0. The molecule has 0 atom stereocenters. The van der Waals surface area contributed by atoms with Gasteiger partial charge in [0.1, 0.15) is 6.07 Å². The molecule has 76 valence electrons. The van der Waals surface area contributed by atoms with E-state index in [0.29, 0.717) is 5.56 Å². The highest BCUT2D eigenvalue weighted by atomic mass is 19.3. The average molecular weight is 207 g/mol. The van der Waals surface area contributed by atoms with E-state index >= 15 is 0 Å². The Morgan fingerprint density at radius 2 is 2.13 bits per heavy atom. The predicted molar refractivity (Wildman–Crippen MR) is 48.0 cm³/mol. The Morgan fingerprint density at radius 3 is 2.60 bits per heavy atom. The van der Waals surface area contributed by atoms with Gasteiger partial charge < -0.3 is 0 Å². The van der Waals surface area contributed by atoms with Gasteiger partial charge in [-0.3, -0.25) is 4.98 Å². The first-order valence-corrected chi connectivity index (χ1v) is 4.15. The second-order valence-corrected chi connectivity index (χ2v) is 2.92. The summed E-state index contributed by atoms with van der Waals surface area (Å²) in [6.07, 6.45) is -1.67. The summed E-state index contributed by atoms with van der Waals surface area (Å²) in [6, 6.07) is 3.46. The summed E-state index contributed by atoms with van der Waals surface area (Å²) in [4.78, 5) is 3.74. The molecule has 0 saturated heterocycles. The number of hydrogen-bond acceptors (Lipinski definition) is 3. The first kappa shape index (κ1) is 11.1. The lowest BCUT2D eigenvalue weighted by Gasteiger charge is -2.08. The number of aryl methyl sites for hydroxylation is 1. The molecule has 0 radical (unpaired) electrons. The molecule has 3 nitrogen and oxygen atoms in total. The molecule has 0 N–H and O–H groups in total. The van der Waals surface area contributed by atoms with E-state index in [1.54, 1.807) is 12.1 Å². The van der Waals surface area contributed by atoms with E-state index in [9.17, 15) is 8.78 Å². The molecule has 15 heavy (non-hydrogen) atoms. The summed E-state index contributed by atoms with van der Waals surface area (Å²) in [7, 11) is 0. The van der Waals surface area contributed by atoms with E-state index in [1.807, 2.05) is 0 Å². The third-order valence-corrected chi connectivity index (χ3v) is 1.97. The highest BCUT2D eigenvalue weighted by molar-refractivity contribution is 5.46. The van der Waals surface area contributed by atoms with Gasteiger partial charge in [-0.2, -0.15) is 10.5 Å². The first-order valence-electron chi connectivity index (χ1n) is 4.15. The topological polar surface area (TPSA) is 60.5 Å². The maximum atomic E-state index is 12.7. The van der Waals surface area contributed by atoms with Gasteiger partial charge in [-0.1, -0.05) is 0 Å². The van der Waals surface area contributed by atoms with Crippen molar-refractivity contribution in [2.24, 2.45) is 0 Å². The minimum Gasteiger partial charge on any atom is -0.259 e. The molecule has 0 unspecified atom stereocenters. The van der Waals surface area contributed by atoms with Crippen LogP contribution < -0.4 is 0 Å². The van der Waals surface area contributed by atoms with Gasteiger partial charge in [0.25, 0.3) is 6.43 Å². The van der Waals surface area contributed by atoms with Gasteiger partial charge in [0.2, 0.25) is 0 Å². The van der Waals surface area contributed by atoms with Crippen molar-refractivity contribution in [2.75, 3.05) is 0 Å². The maximum Gasteiger partial charge on any atom is 0.266 e. The van der Waals surface area contributed by atoms with Crippen molar-refractivity contribution in [3.05, 3.63) is 28.6 Å². The molecule has 1 aromatic heterocycles. The van der Waals surface area contributed by atoms with E-state index in [1.165, 1.54) is 13.1 Å². The molecule has 1 aromatic rings. The summed E-state index contributed by atoms with van der Waals surface area (Å²) in [5, 5.41) is 17.2. The number of rotatable bonds is 2. The second kappa shape index (κ2) is 4.47. The van der Waals surface area contributed by atoms with E-state index < -0.39 is 12.0 Å². The van der Waals surface area contributed by atoms with Crippen LogP contribution in [0.3, 0.4) is 0 Å². The fraction of sp³-hybridized carbons (Fsp3) is 0.300. The Morgan fingerprint density at radius 1 is 1.47 bits per heavy atom. The van der Waals surface area contributed by atoms with Crippen molar-refractivity contribution < 1.29 is 8.78 Å². The van der Waals surface area contributed by atoms with E-state index in [-0.39, 0.29) is 17.7 Å². The lowest BCUT2D eigenvalue weighted by atomic mass is 10.0. The highest BCUT2D eigenvalue weighted by Crippen LogP contribution is 2.27. The van der Waals surface area contributed by atoms with Crippen LogP contribution >= 0.6 is 0 Å². The Kier molecular flexibility index (Phi) is 3.30. The van der Waals surface area contributed by atoms with E-state index in [2.05, 4.69) is 4.98 Å². The van der Waals surface area contributed by atoms with Crippen LogP contribution in [0.25, 0.3) is 0 Å².